The van der Waals surface area contributed by atoms with Gasteiger partial charge in [-0.2, -0.15) is 5.10 Å². The molecule has 32 heavy (non-hydrogen) atoms. The third-order valence-electron chi connectivity index (χ3n) is 4.95. The number of hydrogen-bond donors (Lipinski definition) is 1. The highest BCUT2D eigenvalue weighted by atomic mass is 32.5. The molecule has 1 aromatic carbocycles. The molecule has 0 aliphatic heterocycles. The highest BCUT2D eigenvalue weighted by molar-refractivity contribution is 8.45. The lowest BCUT2D eigenvalue weighted by Crippen LogP contribution is -2.27. The van der Waals surface area contributed by atoms with E-state index >= 15 is 0 Å². The molecule has 0 fully saturated rings. The zero-order valence-electron chi connectivity index (χ0n) is 16.8. The fraction of sp³-hybridized carbons (Fsp3) is 0.158. The predicted molar refractivity (Wildman–Crippen MR) is 112 cm³/mol. The van der Waals surface area contributed by atoms with Gasteiger partial charge in [0.05, 0.1) is 28.8 Å². The van der Waals surface area contributed by atoms with E-state index in [0.29, 0.717) is 33.9 Å². The number of carbonyl (C=O) groups is 1. The van der Waals surface area contributed by atoms with E-state index in [4.69, 9.17) is 5.73 Å². The van der Waals surface area contributed by atoms with Crippen LogP contribution in [0.4, 0.5) is 25.2 Å². The molecule has 4 aromatic rings. The largest absolute Gasteiger partial charge is 0.383 e. The molecule has 0 aliphatic rings. The molecule has 1 amide bonds. The van der Waals surface area contributed by atoms with Crippen molar-refractivity contribution in [1.82, 2.24) is 24.6 Å². The Labute approximate surface area is 178 Å². The molecule has 0 saturated heterocycles. The lowest BCUT2D eigenvalue weighted by atomic mass is 10.1. The van der Waals surface area contributed by atoms with E-state index < -0.39 is 21.0 Å². The molecule has 3 aromatic heterocycles. The van der Waals surface area contributed by atoms with Gasteiger partial charge in [-0.25, -0.2) is 9.97 Å². The SMILES string of the molecule is CN(Cc1ccc(S(F)(F)(F)(F)F)cc1)C(=O)c1cc2c(cn1)nc(N)c1cnn(C)c12. The molecule has 4 rings (SSSR count). The molecule has 7 nitrogen and oxygen atoms in total. The van der Waals surface area contributed by atoms with Gasteiger partial charge < -0.3 is 10.6 Å². The standard InChI is InChI=1S/C19H17F5N6OS/c1-29(10-11-3-5-12(6-4-11)32(20,21,22,23)24)19(31)15-7-13-16(9-26-15)28-18(25)14-8-27-30(2)17(13)14/h3-9H,10H2,1-2H3,(H2,25,28). The first-order valence-electron chi connectivity index (χ1n) is 9.09. The second kappa shape index (κ2) is 6.28. The number of pyridine rings is 2. The van der Waals surface area contributed by atoms with E-state index in [-0.39, 0.29) is 23.6 Å². The van der Waals surface area contributed by atoms with Crippen molar-refractivity contribution in [3.8, 4) is 0 Å². The topological polar surface area (TPSA) is 89.9 Å². The molecule has 0 radical (unpaired) electrons. The van der Waals surface area contributed by atoms with E-state index in [1.54, 1.807) is 17.9 Å². The van der Waals surface area contributed by atoms with Crippen molar-refractivity contribution in [2.75, 3.05) is 12.8 Å². The average molecular weight is 472 g/mol. The Balaban J connectivity index is 1.62. The minimum absolute atomic E-state index is 0.0673. The molecule has 0 spiro atoms. The van der Waals surface area contributed by atoms with Crippen LogP contribution in [0.2, 0.25) is 0 Å². The number of nitrogens with two attached hydrogens (primary N) is 1. The summed E-state index contributed by atoms with van der Waals surface area (Å²) in [4.78, 5) is 20.5. The number of anilines is 1. The molecule has 0 bridgehead atoms. The summed E-state index contributed by atoms with van der Waals surface area (Å²) in [5, 5.41) is 5.37. The van der Waals surface area contributed by atoms with Crippen LogP contribution in [-0.4, -0.2) is 37.6 Å². The maximum Gasteiger partial charge on any atom is 0.310 e. The summed E-state index contributed by atoms with van der Waals surface area (Å²) in [5.41, 5.74) is 7.38. The van der Waals surface area contributed by atoms with Gasteiger partial charge in [0, 0.05) is 26.0 Å². The number of benzene rings is 1. The minimum atomic E-state index is -9.74. The van der Waals surface area contributed by atoms with E-state index in [1.165, 1.54) is 24.2 Å². The molecular weight excluding hydrogens is 455 g/mol. The molecule has 0 atom stereocenters. The van der Waals surface area contributed by atoms with Crippen LogP contribution in [0.3, 0.4) is 0 Å². The van der Waals surface area contributed by atoms with Crippen LogP contribution in [-0.2, 0) is 13.6 Å². The Morgan fingerprint density at radius 1 is 1.09 bits per heavy atom. The normalized spacial score (nSPS) is 14.3. The Hall–Kier alpha value is -3.48. The number of halogens is 5. The van der Waals surface area contributed by atoms with Crippen molar-refractivity contribution in [2.45, 2.75) is 11.4 Å². The Bertz CT molecular complexity index is 1390. The summed E-state index contributed by atoms with van der Waals surface area (Å²) in [6.07, 6.45) is 2.95. The van der Waals surface area contributed by atoms with Crippen LogP contribution in [0.1, 0.15) is 16.1 Å². The van der Waals surface area contributed by atoms with Gasteiger partial charge in [-0.15, -0.1) is 0 Å². The number of aromatic nitrogens is 4. The second-order valence-corrected chi connectivity index (χ2v) is 9.80. The highest BCUT2D eigenvalue weighted by Crippen LogP contribution is 3.02. The lowest BCUT2D eigenvalue weighted by molar-refractivity contribution is 0.0779. The van der Waals surface area contributed by atoms with E-state index in [2.05, 4.69) is 15.1 Å². The first-order valence-corrected chi connectivity index (χ1v) is 11.0. The molecule has 0 saturated carbocycles. The number of nitrogens with zero attached hydrogens (tertiary/aromatic N) is 5. The second-order valence-electron chi connectivity index (χ2n) is 7.39. The third kappa shape index (κ3) is 3.90. The summed E-state index contributed by atoms with van der Waals surface area (Å²) < 4.78 is 65.9. The molecule has 170 valence electrons. The van der Waals surface area contributed by atoms with Crippen molar-refractivity contribution in [2.24, 2.45) is 7.05 Å². The van der Waals surface area contributed by atoms with Gasteiger partial charge in [0.15, 0.2) is 0 Å². The Kier molecular flexibility index (Phi) is 4.27. The molecule has 13 heteroatoms. The smallest absolute Gasteiger partial charge is 0.310 e. The average Bonchev–Trinajstić information content (AvgIpc) is 3.08. The fourth-order valence-corrected chi connectivity index (χ4v) is 4.02. The number of nitrogen functional groups attached to an aromatic ring is 1. The van der Waals surface area contributed by atoms with Crippen molar-refractivity contribution < 1.29 is 24.2 Å². The van der Waals surface area contributed by atoms with E-state index in [1.807, 2.05) is 0 Å². The summed E-state index contributed by atoms with van der Waals surface area (Å²) in [7, 11) is -6.61. The quantitative estimate of drug-likeness (QED) is 0.421. The number of fused-ring (bicyclic) bond motifs is 3. The molecular formula is C19H17F5N6OS. The van der Waals surface area contributed by atoms with E-state index in [9.17, 15) is 24.2 Å². The van der Waals surface area contributed by atoms with E-state index in [0.717, 1.165) is 12.1 Å². The number of carbonyl (C=O) groups excluding carboxylic acids is 1. The Morgan fingerprint density at radius 3 is 2.38 bits per heavy atom. The van der Waals surface area contributed by atoms with Crippen LogP contribution < -0.4 is 5.73 Å². The van der Waals surface area contributed by atoms with Gasteiger partial charge in [0.1, 0.15) is 16.4 Å². The maximum atomic E-state index is 12.9. The van der Waals surface area contributed by atoms with Gasteiger partial charge in [-0.05, 0) is 23.8 Å². The molecule has 3 heterocycles. The number of rotatable bonds is 4. The zero-order valence-corrected chi connectivity index (χ0v) is 17.6. The first kappa shape index (κ1) is 21.7. The predicted octanol–water partition coefficient (Wildman–Crippen LogP) is 5.03. The number of amides is 1. The van der Waals surface area contributed by atoms with Gasteiger partial charge >= 0.3 is 10.2 Å². The van der Waals surface area contributed by atoms with Gasteiger partial charge in [0.2, 0.25) is 0 Å². The lowest BCUT2D eigenvalue weighted by Gasteiger charge is -2.40. The highest BCUT2D eigenvalue weighted by Gasteiger charge is 2.65. The first-order chi connectivity index (χ1) is 14.6. The minimum Gasteiger partial charge on any atom is -0.383 e. The van der Waals surface area contributed by atoms with Crippen LogP contribution in [0.25, 0.3) is 21.8 Å². The maximum absolute atomic E-state index is 12.9. The van der Waals surface area contributed by atoms with Crippen LogP contribution >= 0.6 is 10.2 Å². The van der Waals surface area contributed by atoms with Crippen LogP contribution in [0.5, 0.6) is 0 Å². The fourth-order valence-electron chi connectivity index (χ4n) is 3.37. The number of aryl methyl sites for hydroxylation is 1. The van der Waals surface area contributed by atoms with Crippen molar-refractivity contribution in [3.05, 3.63) is 54.0 Å². The van der Waals surface area contributed by atoms with Gasteiger partial charge in [-0.3, -0.25) is 9.48 Å². The summed E-state index contributed by atoms with van der Waals surface area (Å²) in [6, 6.07) is 3.99. The van der Waals surface area contributed by atoms with Gasteiger partial charge in [0.25, 0.3) is 5.91 Å². The molecule has 0 aliphatic carbocycles. The van der Waals surface area contributed by atoms with Crippen molar-refractivity contribution in [1.29, 1.82) is 0 Å². The summed E-state index contributed by atoms with van der Waals surface area (Å²) in [6.45, 7) is -0.111. The van der Waals surface area contributed by atoms with Crippen molar-refractivity contribution in [3.63, 3.8) is 0 Å². The van der Waals surface area contributed by atoms with Crippen molar-refractivity contribution >= 4 is 43.8 Å². The van der Waals surface area contributed by atoms with Crippen LogP contribution in [0, 0.1) is 0 Å². The zero-order chi connectivity index (χ0) is 23.5. The summed E-state index contributed by atoms with van der Waals surface area (Å²) >= 11 is 0. The summed E-state index contributed by atoms with van der Waals surface area (Å²) in [5.74, 6) is -0.246. The number of hydrogen-bond acceptors (Lipinski definition) is 5. The molecule has 0 unspecified atom stereocenters. The monoisotopic (exact) mass is 472 g/mol. The van der Waals surface area contributed by atoms with Gasteiger partial charge in [-0.1, -0.05) is 31.6 Å². The Morgan fingerprint density at radius 2 is 1.75 bits per heavy atom. The third-order valence-corrected chi connectivity index (χ3v) is 6.11. The van der Waals surface area contributed by atoms with Crippen LogP contribution in [0.15, 0.2) is 47.6 Å². The molecule has 2 N–H and O–H groups in total.